The van der Waals surface area contributed by atoms with Gasteiger partial charge in [-0.25, -0.2) is 9.78 Å². The predicted molar refractivity (Wildman–Crippen MR) is 117 cm³/mol. The number of benzene rings is 1. The van der Waals surface area contributed by atoms with Crippen LogP contribution in [-0.2, 0) is 4.74 Å². The van der Waals surface area contributed by atoms with Crippen LogP contribution in [0.1, 0.15) is 44.1 Å². The van der Waals surface area contributed by atoms with Crippen LogP contribution < -0.4 is 5.32 Å². The van der Waals surface area contributed by atoms with Crippen LogP contribution in [0.15, 0.2) is 24.4 Å². The van der Waals surface area contributed by atoms with Crippen LogP contribution in [0.4, 0.5) is 10.6 Å². The van der Waals surface area contributed by atoms with E-state index in [0.29, 0.717) is 47.7 Å². The minimum absolute atomic E-state index is 0.0454. The number of hydrogen-bond acceptors (Lipinski definition) is 7. The minimum Gasteiger partial charge on any atom is -0.446 e. The van der Waals surface area contributed by atoms with Crippen LogP contribution in [0, 0.1) is 29.1 Å². The maximum absolute atomic E-state index is 12.9. The first-order valence-electron chi connectivity index (χ1n) is 11.6. The molecule has 3 atom stereocenters. The average Bonchev–Trinajstić information content (AvgIpc) is 3.23. The van der Waals surface area contributed by atoms with E-state index in [9.17, 15) is 9.90 Å². The highest BCUT2D eigenvalue weighted by Crippen LogP contribution is 2.56. The Bertz CT molecular complexity index is 1100. The topological polar surface area (TPSA) is 111 Å². The van der Waals surface area contributed by atoms with Gasteiger partial charge < -0.3 is 20.1 Å². The van der Waals surface area contributed by atoms with Gasteiger partial charge in [-0.1, -0.05) is 0 Å². The Morgan fingerprint density at radius 2 is 2.06 bits per heavy atom. The number of likely N-dealkylation sites (tertiary alicyclic amines) is 1. The van der Waals surface area contributed by atoms with E-state index in [0.717, 1.165) is 44.0 Å². The summed E-state index contributed by atoms with van der Waals surface area (Å²) in [6.07, 6.45) is 6.86. The molecule has 1 aliphatic heterocycles. The Morgan fingerprint density at radius 1 is 1.25 bits per heavy atom. The van der Waals surface area contributed by atoms with Crippen LogP contribution in [0.25, 0.3) is 11.0 Å². The van der Waals surface area contributed by atoms with Crippen molar-refractivity contribution in [2.24, 2.45) is 17.8 Å². The highest BCUT2D eigenvalue weighted by molar-refractivity contribution is 5.77. The number of anilines is 1. The summed E-state index contributed by atoms with van der Waals surface area (Å²) >= 11 is 0. The normalized spacial score (nSPS) is 35.1. The third kappa shape index (κ3) is 3.45. The Balaban J connectivity index is 1.07. The first kappa shape index (κ1) is 19.7. The number of ether oxygens (including phenoxy) is 1. The van der Waals surface area contributed by atoms with Crippen LogP contribution in [0.5, 0.6) is 0 Å². The van der Waals surface area contributed by atoms with Gasteiger partial charge in [0.2, 0.25) is 0 Å². The fraction of sp³-hybridized carbons (Fsp3) is 0.583. The van der Waals surface area contributed by atoms with Crippen LogP contribution in [0.2, 0.25) is 0 Å². The molecule has 2 N–H and O–H groups in total. The number of nitriles is 1. The third-order valence-electron chi connectivity index (χ3n) is 7.86. The molecule has 1 aromatic heterocycles. The van der Waals surface area contributed by atoms with Gasteiger partial charge >= 0.3 is 6.09 Å². The molecule has 8 nitrogen and oxygen atoms in total. The van der Waals surface area contributed by atoms with E-state index in [2.05, 4.69) is 21.4 Å². The number of rotatable bonds is 3. The average molecular weight is 434 g/mol. The first-order valence-corrected chi connectivity index (χ1v) is 11.6. The van der Waals surface area contributed by atoms with E-state index in [1.807, 2.05) is 0 Å². The summed E-state index contributed by atoms with van der Waals surface area (Å²) in [5.41, 5.74) is 1.46. The Labute approximate surface area is 186 Å². The molecule has 2 aromatic rings. The SMILES string of the molecule is N#Cc1ccc2nc(NC3CCN(C(=O)OC4C5CC6CC4CC(O)(C6)C5)C3)cnc2c1. The van der Waals surface area contributed by atoms with Gasteiger partial charge in [-0.2, -0.15) is 5.26 Å². The quantitative estimate of drug-likeness (QED) is 0.765. The van der Waals surface area contributed by atoms with Crippen molar-refractivity contribution < 1.29 is 14.6 Å². The highest BCUT2D eigenvalue weighted by atomic mass is 16.6. The first-order chi connectivity index (χ1) is 15.5. The molecule has 0 spiro atoms. The minimum atomic E-state index is -0.515. The van der Waals surface area contributed by atoms with Gasteiger partial charge in [-0.3, -0.25) is 4.98 Å². The Kier molecular flexibility index (Phi) is 4.51. The lowest BCUT2D eigenvalue weighted by Crippen LogP contribution is -2.58. The number of nitrogens with zero attached hydrogens (tertiary/aromatic N) is 4. The van der Waals surface area contributed by atoms with Gasteiger partial charge in [0.1, 0.15) is 11.9 Å². The summed E-state index contributed by atoms with van der Waals surface area (Å²) in [4.78, 5) is 23.7. The van der Waals surface area contributed by atoms with Crippen molar-refractivity contribution in [3.63, 3.8) is 0 Å². The molecule has 8 heteroatoms. The summed E-state index contributed by atoms with van der Waals surface area (Å²) < 4.78 is 6.03. The molecule has 1 saturated heterocycles. The zero-order valence-electron chi connectivity index (χ0n) is 17.9. The molecule has 5 aliphatic rings. The number of aliphatic hydroxyl groups is 1. The van der Waals surface area contributed by atoms with E-state index >= 15 is 0 Å². The molecule has 166 valence electrons. The lowest BCUT2D eigenvalue weighted by atomic mass is 9.53. The van der Waals surface area contributed by atoms with Gasteiger partial charge in [0.05, 0.1) is 34.5 Å². The molecule has 32 heavy (non-hydrogen) atoms. The van der Waals surface area contributed by atoms with Gasteiger partial charge in [-0.15, -0.1) is 0 Å². The zero-order valence-corrected chi connectivity index (χ0v) is 17.9. The van der Waals surface area contributed by atoms with Crippen molar-refractivity contribution in [2.45, 2.75) is 56.3 Å². The molecule has 4 bridgehead atoms. The van der Waals surface area contributed by atoms with Crippen molar-refractivity contribution in [1.82, 2.24) is 14.9 Å². The molecular formula is C24H27N5O3. The van der Waals surface area contributed by atoms with Gasteiger partial charge in [-0.05, 0) is 74.5 Å². The van der Waals surface area contributed by atoms with E-state index < -0.39 is 5.60 Å². The molecule has 1 aromatic carbocycles. The third-order valence-corrected chi connectivity index (χ3v) is 7.86. The lowest BCUT2D eigenvalue weighted by molar-refractivity contribution is -0.177. The highest BCUT2D eigenvalue weighted by Gasteiger charge is 2.56. The summed E-state index contributed by atoms with van der Waals surface area (Å²) in [7, 11) is 0. The van der Waals surface area contributed by atoms with Crippen molar-refractivity contribution >= 4 is 22.9 Å². The molecule has 1 amide bonds. The maximum atomic E-state index is 12.9. The standard InChI is InChI=1S/C24H27N5O3/c25-11-14-1-2-19-20(7-14)26-12-21(28-19)27-18-3-4-29(13-18)23(30)32-22-16-5-15-6-17(22)10-24(31,8-15)9-16/h1-2,7,12,15-18,22,31H,3-6,8-10,13H2,(H,27,28). The number of carbonyl (C=O) groups excluding carboxylic acids is 1. The number of hydrogen-bond donors (Lipinski definition) is 2. The van der Waals surface area contributed by atoms with Crippen LogP contribution in [0.3, 0.4) is 0 Å². The Hall–Kier alpha value is -2.92. The van der Waals surface area contributed by atoms with Crippen molar-refractivity contribution in [1.29, 1.82) is 5.26 Å². The monoisotopic (exact) mass is 433 g/mol. The van der Waals surface area contributed by atoms with E-state index in [1.54, 1.807) is 29.3 Å². The van der Waals surface area contributed by atoms with Crippen LogP contribution in [-0.4, -0.2) is 56.9 Å². The zero-order chi connectivity index (χ0) is 21.9. The number of amides is 1. The molecule has 3 unspecified atom stereocenters. The number of nitrogens with one attached hydrogen (secondary N) is 1. The van der Waals surface area contributed by atoms with Crippen molar-refractivity contribution in [3.05, 3.63) is 30.0 Å². The van der Waals surface area contributed by atoms with Gasteiger partial charge in [0, 0.05) is 19.1 Å². The van der Waals surface area contributed by atoms with E-state index in [-0.39, 0.29) is 18.2 Å². The second-order valence-electron chi connectivity index (χ2n) is 10.2. The molecular weight excluding hydrogens is 406 g/mol. The summed E-state index contributed by atoms with van der Waals surface area (Å²) in [6.45, 7) is 1.22. The Morgan fingerprint density at radius 3 is 2.81 bits per heavy atom. The number of aromatic nitrogens is 2. The smallest absolute Gasteiger partial charge is 0.410 e. The predicted octanol–water partition coefficient (Wildman–Crippen LogP) is 3.06. The maximum Gasteiger partial charge on any atom is 0.410 e. The molecule has 5 fully saturated rings. The molecule has 0 radical (unpaired) electrons. The molecule has 4 saturated carbocycles. The summed E-state index contributed by atoms with van der Waals surface area (Å²) in [6, 6.07) is 7.46. The summed E-state index contributed by atoms with van der Waals surface area (Å²) in [5.74, 6) is 1.88. The fourth-order valence-corrected chi connectivity index (χ4v) is 6.72. The number of fused-ring (bicyclic) bond motifs is 1. The van der Waals surface area contributed by atoms with E-state index in [1.165, 1.54) is 0 Å². The van der Waals surface area contributed by atoms with Gasteiger partial charge in [0.25, 0.3) is 0 Å². The second kappa shape index (κ2) is 7.31. The summed E-state index contributed by atoms with van der Waals surface area (Å²) in [5, 5.41) is 23.2. The van der Waals surface area contributed by atoms with E-state index in [4.69, 9.17) is 10.00 Å². The van der Waals surface area contributed by atoms with Crippen molar-refractivity contribution in [2.75, 3.05) is 18.4 Å². The largest absolute Gasteiger partial charge is 0.446 e. The lowest BCUT2D eigenvalue weighted by Gasteiger charge is -2.57. The number of carbonyl (C=O) groups is 1. The van der Waals surface area contributed by atoms with Crippen LogP contribution >= 0.6 is 0 Å². The molecule has 4 aliphatic carbocycles. The van der Waals surface area contributed by atoms with Crippen molar-refractivity contribution in [3.8, 4) is 6.07 Å². The second-order valence-corrected chi connectivity index (χ2v) is 10.2. The fourth-order valence-electron chi connectivity index (χ4n) is 6.72. The molecule has 7 rings (SSSR count). The molecule has 2 heterocycles. The van der Waals surface area contributed by atoms with Gasteiger partial charge in [0.15, 0.2) is 0 Å².